The average Bonchev–Trinajstić information content (AvgIpc) is 3.19. The third kappa shape index (κ3) is 13.0. The second-order valence-electron chi connectivity index (χ2n) is 16.0. The van der Waals surface area contributed by atoms with Crippen molar-refractivity contribution in [3.63, 3.8) is 0 Å². The zero-order valence-corrected chi connectivity index (χ0v) is 36.9. The Labute approximate surface area is 337 Å². The maximum Gasteiger partial charge on any atom is 0.306 e. The van der Waals surface area contributed by atoms with Gasteiger partial charge in [-0.3, -0.25) is 4.79 Å². The van der Waals surface area contributed by atoms with E-state index in [4.69, 9.17) is 10.8 Å². The number of rotatable bonds is 8. The van der Waals surface area contributed by atoms with Crippen molar-refractivity contribution in [2.45, 2.75) is 145 Å². The summed E-state index contributed by atoms with van der Waals surface area (Å²) in [4.78, 5) is 12.9. The number of carboxylic acid groups (broad SMARTS) is 1. The predicted molar refractivity (Wildman–Crippen MR) is 242 cm³/mol. The highest BCUT2D eigenvalue weighted by atomic mass is 16.4. The largest absolute Gasteiger partial charge is 0.481 e. The van der Waals surface area contributed by atoms with Crippen LogP contribution in [0.2, 0.25) is 0 Å². The van der Waals surface area contributed by atoms with Crippen LogP contribution in [0.5, 0.6) is 0 Å². The van der Waals surface area contributed by atoms with Crippen LogP contribution in [0.25, 0.3) is 11.1 Å². The van der Waals surface area contributed by atoms with Crippen molar-refractivity contribution in [2.75, 3.05) is 17.7 Å². The molecular formula is C51H76N2O2. The number of nitrogens with two attached hydrogens (primary N) is 1. The van der Waals surface area contributed by atoms with E-state index < -0.39 is 5.97 Å². The van der Waals surface area contributed by atoms with E-state index in [0.29, 0.717) is 23.8 Å². The lowest BCUT2D eigenvalue weighted by Crippen LogP contribution is -2.52. The number of hydrogen-bond donors (Lipinski definition) is 2. The summed E-state index contributed by atoms with van der Waals surface area (Å²) >= 11 is 0. The molecule has 1 saturated carbocycles. The lowest BCUT2D eigenvalue weighted by molar-refractivity contribution is -0.141. The minimum atomic E-state index is -0.680. The number of nitrogen functional groups attached to an aromatic ring is 1. The van der Waals surface area contributed by atoms with Crippen LogP contribution in [-0.4, -0.2) is 24.2 Å². The molecule has 302 valence electrons. The van der Waals surface area contributed by atoms with Crippen molar-refractivity contribution in [2.24, 2.45) is 17.8 Å². The summed E-state index contributed by atoms with van der Waals surface area (Å²) in [5.74, 6) is 0.913. The summed E-state index contributed by atoms with van der Waals surface area (Å²) in [7, 11) is 2.27. The van der Waals surface area contributed by atoms with Gasteiger partial charge in [-0.25, -0.2) is 0 Å². The van der Waals surface area contributed by atoms with Crippen molar-refractivity contribution in [3.8, 4) is 11.1 Å². The Bertz CT molecular complexity index is 1700. The number of anilines is 2. The number of benzene rings is 4. The van der Waals surface area contributed by atoms with Crippen molar-refractivity contribution in [1.82, 2.24) is 0 Å². The van der Waals surface area contributed by atoms with Gasteiger partial charge in [0.05, 0.1) is 17.3 Å². The fourth-order valence-corrected chi connectivity index (χ4v) is 8.39. The second kappa shape index (κ2) is 23.1. The zero-order chi connectivity index (χ0) is 41.3. The fourth-order valence-electron chi connectivity index (χ4n) is 8.39. The summed E-state index contributed by atoms with van der Waals surface area (Å²) < 4.78 is 0. The first-order valence-electron chi connectivity index (χ1n) is 21.3. The maximum absolute atomic E-state index is 10.4. The molecule has 2 aliphatic rings. The predicted octanol–water partition coefficient (Wildman–Crippen LogP) is 14.1. The minimum absolute atomic E-state index is 0.185. The van der Waals surface area contributed by atoms with Gasteiger partial charge in [0.25, 0.3) is 0 Å². The van der Waals surface area contributed by atoms with Gasteiger partial charge in [-0.1, -0.05) is 172 Å². The Balaban J connectivity index is 0.000000390. The average molecular weight is 749 g/mol. The second-order valence-corrected chi connectivity index (χ2v) is 16.0. The number of nitrogens with zero attached hydrogens (tertiary/aromatic N) is 1. The van der Waals surface area contributed by atoms with Crippen LogP contribution < -0.4 is 10.6 Å². The van der Waals surface area contributed by atoms with Gasteiger partial charge in [-0.15, -0.1) is 0 Å². The molecule has 0 amide bonds. The molecule has 6 rings (SSSR count). The summed E-state index contributed by atoms with van der Waals surface area (Å²) in [6.07, 6.45) is 8.14. The van der Waals surface area contributed by atoms with E-state index in [9.17, 15) is 4.79 Å². The van der Waals surface area contributed by atoms with Gasteiger partial charge >= 0.3 is 5.97 Å². The fraction of sp³-hybridized carbons (Fsp3) is 0.510. The third-order valence-electron chi connectivity index (χ3n) is 11.7. The molecule has 5 unspecified atom stereocenters. The van der Waals surface area contributed by atoms with Gasteiger partial charge in [0, 0.05) is 13.1 Å². The Kier molecular flexibility index (Phi) is 19.8. The van der Waals surface area contributed by atoms with Crippen LogP contribution in [0, 0.1) is 31.6 Å². The van der Waals surface area contributed by atoms with Crippen molar-refractivity contribution in [1.29, 1.82) is 0 Å². The molecule has 0 spiro atoms. The molecule has 2 aliphatic carbocycles. The quantitative estimate of drug-likeness (QED) is 0.176. The summed E-state index contributed by atoms with van der Waals surface area (Å²) in [6, 6.07) is 33.4. The van der Waals surface area contributed by atoms with E-state index in [2.05, 4.69) is 151 Å². The summed E-state index contributed by atoms with van der Waals surface area (Å²) in [5.41, 5.74) is 18.7. The van der Waals surface area contributed by atoms with Gasteiger partial charge < -0.3 is 15.7 Å². The number of carboxylic acids is 1. The van der Waals surface area contributed by atoms with Crippen LogP contribution in [0.1, 0.15) is 141 Å². The number of aryl methyl sites for hydroxylation is 3. The van der Waals surface area contributed by atoms with Crippen molar-refractivity contribution < 1.29 is 9.90 Å². The molecule has 4 aromatic rings. The molecule has 4 nitrogen and oxygen atoms in total. The first-order valence-corrected chi connectivity index (χ1v) is 21.3. The van der Waals surface area contributed by atoms with Gasteiger partial charge in [-0.05, 0) is 109 Å². The van der Waals surface area contributed by atoms with Crippen LogP contribution in [0.3, 0.4) is 0 Å². The zero-order valence-electron chi connectivity index (χ0n) is 36.9. The third-order valence-corrected chi connectivity index (χ3v) is 11.7. The molecule has 4 heteroatoms. The van der Waals surface area contributed by atoms with Gasteiger partial charge in [0.1, 0.15) is 0 Å². The standard InChI is InChI=1S/C31H38N2.C8H16O2.C8H10.2C2H6/c1-21(2)23-12-15-26-25(19-23)13-16-27-29(11-8-18-31(26,27)3)33(4)30-17-14-24(20-28(30)32)22-9-6-5-7-10-22;1-4-6(2)5-7(3)8(9)10;1-7-4-3-5-8(2)6-7;2*1-2/h5-7,9-10,12,14-15,17,19-21,27,29H,8,11,13,16,18,32H2,1-4H3;6-7H,4-5H2,1-3H3,(H,9,10);3-6H,1-2H3;2*1-2H3. The first-order chi connectivity index (χ1) is 26.2. The Morgan fingerprint density at radius 3 is 2.00 bits per heavy atom. The number of hydrogen-bond acceptors (Lipinski definition) is 3. The van der Waals surface area contributed by atoms with Crippen LogP contribution in [-0.2, 0) is 16.6 Å². The molecule has 0 saturated heterocycles. The molecule has 3 N–H and O–H groups in total. The smallest absolute Gasteiger partial charge is 0.306 e. The molecule has 0 aliphatic heterocycles. The minimum Gasteiger partial charge on any atom is -0.481 e. The van der Waals surface area contributed by atoms with Gasteiger partial charge in [0.2, 0.25) is 0 Å². The highest BCUT2D eigenvalue weighted by molar-refractivity contribution is 5.77. The monoisotopic (exact) mass is 749 g/mol. The van der Waals surface area contributed by atoms with E-state index in [1.807, 2.05) is 27.7 Å². The van der Waals surface area contributed by atoms with Gasteiger partial charge in [0.15, 0.2) is 0 Å². The normalized spacial score (nSPS) is 19.1. The number of fused-ring (bicyclic) bond motifs is 3. The lowest BCUT2D eigenvalue weighted by Gasteiger charge is -2.53. The first kappa shape index (κ1) is 47.1. The molecule has 1 fully saturated rings. The highest BCUT2D eigenvalue weighted by Gasteiger charge is 2.47. The molecule has 0 radical (unpaired) electrons. The van der Waals surface area contributed by atoms with Gasteiger partial charge in [-0.2, -0.15) is 0 Å². The molecular weight excluding hydrogens is 673 g/mol. The van der Waals surface area contributed by atoms with Crippen molar-refractivity contribution in [3.05, 3.63) is 119 Å². The number of carbonyl (C=O) groups is 1. The van der Waals surface area contributed by atoms with E-state index >= 15 is 0 Å². The van der Waals surface area contributed by atoms with E-state index in [1.165, 1.54) is 65.6 Å². The summed E-state index contributed by atoms with van der Waals surface area (Å²) in [6.45, 7) is 25.3. The van der Waals surface area contributed by atoms with Crippen LogP contribution in [0.4, 0.5) is 11.4 Å². The maximum atomic E-state index is 10.4. The molecule has 55 heavy (non-hydrogen) atoms. The van der Waals surface area contributed by atoms with E-state index in [-0.39, 0.29) is 11.3 Å². The Hall–Kier alpha value is -4.05. The van der Waals surface area contributed by atoms with Crippen molar-refractivity contribution >= 4 is 17.3 Å². The van der Waals surface area contributed by atoms with E-state index in [0.717, 1.165) is 18.5 Å². The molecule has 5 atom stereocenters. The molecule has 4 aromatic carbocycles. The Morgan fingerprint density at radius 2 is 1.47 bits per heavy atom. The SMILES string of the molecule is CC.CC.CC(C)c1ccc2c(c1)CCC1C(N(C)c3ccc(-c4ccccc4)cc3N)CCCC21C.CCC(C)CC(C)C(=O)O.Cc1cccc(C)c1. The van der Waals surface area contributed by atoms with E-state index in [1.54, 1.807) is 18.1 Å². The molecule has 0 aromatic heterocycles. The van der Waals surface area contributed by atoms with Crippen LogP contribution >= 0.6 is 0 Å². The van der Waals surface area contributed by atoms with Crippen LogP contribution in [0.15, 0.2) is 91.0 Å². The summed E-state index contributed by atoms with van der Waals surface area (Å²) in [5, 5.41) is 8.53. The number of aliphatic carboxylic acids is 1. The highest BCUT2D eigenvalue weighted by Crippen LogP contribution is 2.52. The Morgan fingerprint density at radius 1 is 0.836 bits per heavy atom. The topological polar surface area (TPSA) is 66.6 Å². The molecule has 0 heterocycles. The molecule has 0 bridgehead atoms. The lowest BCUT2D eigenvalue weighted by atomic mass is 9.56.